The van der Waals surface area contributed by atoms with E-state index in [2.05, 4.69) is 26.8 Å². The molecule has 1 fully saturated rings. The molecule has 0 unspecified atom stereocenters. The van der Waals surface area contributed by atoms with E-state index in [4.69, 9.17) is 11.6 Å². The van der Waals surface area contributed by atoms with Crippen LogP contribution in [0.25, 0.3) is 0 Å². The fourth-order valence-corrected chi connectivity index (χ4v) is 2.56. The fraction of sp³-hybridized carbons (Fsp3) is 0.417. The monoisotopic (exact) mass is 263 g/mol. The lowest BCUT2D eigenvalue weighted by Gasteiger charge is -2.42. The SMILES string of the molecule is Cn1nnc(CC2(c3cccc(Cl)c3)CNC2)n1. The molecular formula is C12H14ClN5. The lowest BCUT2D eigenvalue weighted by Crippen LogP contribution is -2.58. The fourth-order valence-electron chi connectivity index (χ4n) is 2.37. The molecule has 1 aromatic carbocycles. The molecule has 2 heterocycles. The van der Waals surface area contributed by atoms with Gasteiger partial charge in [-0.15, -0.1) is 10.2 Å². The number of halogens is 1. The highest BCUT2D eigenvalue weighted by Crippen LogP contribution is 2.32. The molecule has 18 heavy (non-hydrogen) atoms. The molecule has 2 aromatic rings. The van der Waals surface area contributed by atoms with Gasteiger partial charge in [-0.1, -0.05) is 23.7 Å². The van der Waals surface area contributed by atoms with Crippen LogP contribution < -0.4 is 5.32 Å². The van der Waals surface area contributed by atoms with Crippen molar-refractivity contribution in [2.75, 3.05) is 13.1 Å². The zero-order valence-corrected chi connectivity index (χ0v) is 10.9. The van der Waals surface area contributed by atoms with Gasteiger partial charge in [0.2, 0.25) is 0 Å². The molecule has 0 aliphatic carbocycles. The highest BCUT2D eigenvalue weighted by Gasteiger charge is 2.40. The van der Waals surface area contributed by atoms with Crippen molar-refractivity contribution in [3.05, 3.63) is 40.7 Å². The molecule has 3 rings (SSSR count). The first-order valence-electron chi connectivity index (χ1n) is 5.88. The average Bonchev–Trinajstić information content (AvgIpc) is 2.69. The molecule has 0 spiro atoms. The molecule has 94 valence electrons. The second kappa shape index (κ2) is 4.33. The topological polar surface area (TPSA) is 55.6 Å². The van der Waals surface area contributed by atoms with Crippen LogP contribution in [0.2, 0.25) is 5.02 Å². The summed E-state index contributed by atoms with van der Waals surface area (Å²) in [7, 11) is 1.78. The van der Waals surface area contributed by atoms with Crippen LogP contribution in [0.5, 0.6) is 0 Å². The number of tetrazole rings is 1. The van der Waals surface area contributed by atoms with Crippen LogP contribution in [-0.4, -0.2) is 33.3 Å². The smallest absolute Gasteiger partial charge is 0.175 e. The Morgan fingerprint density at radius 3 is 2.83 bits per heavy atom. The summed E-state index contributed by atoms with van der Waals surface area (Å²) in [6.07, 6.45) is 0.786. The average molecular weight is 264 g/mol. The number of nitrogens with zero attached hydrogens (tertiary/aromatic N) is 4. The van der Waals surface area contributed by atoms with Gasteiger partial charge in [-0.3, -0.25) is 0 Å². The van der Waals surface area contributed by atoms with E-state index < -0.39 is 0 Å². The van der Waals surface area contributed by atoms with E-state index in [9.17, 15) is 0 Å². The van der Waals surface area contributed by atoms with Gasteiger partial charge in [-0.05, 0) is 22.9 Å². The number of benzene rings is 1. The van der Waals surface area contributed by atoms with Gasteiger partial charge in [0.05, 0.1) is 7.05 Å². The van der Waals surface area contributed by atoms with E-state index in [1.165, 1.54) is 10.4 Å². The molecule has 1 aromatic heterocycles. The molecular weight excluding hydrogens is 250 g/mol. The van der Waals surface area contributed by atoms with Gasteiger partial charge in [0.25, 0.3) is 0 Å². The number of aromatic nitrogens is 4. The van der Waals surface area contributed by atoms with Crippen LogP contribution in [0.15, 0.2) is 24.3 Å². The summed E-state index contributed by atoms with van der Waals surface area (Å²) < 4.78 is 0. The van der Waals surface area contributed by atoms with Crippen molar-refractivity contribution >= 4 is 11.6 Å². The van der Waals surface area contributed by atoms with E-state index in [0.29, 0.717) is 0 Å². The van der Waals surface area contributed by atoms with Crippen LogP contribution in [0, 0.1) is 0 Å². The van der Waals surface area contributed by atoms with Crippen molar-refractivity contribution in [3.63, 3.8) is 0 Å². The van der Waals surface area contributed by atoms with Gasteiger partial charge >= 0.3 is 0 Å². The molecule has 0 bridgehead atoms. The zero-order chi connectivity index (χ0) is 12.6. The maximum Gasteiger partial charge on any atom is 0.175 e. The van der Waals surface area contributed by atoms with Crippen LogP contribution in [0.4, 0.5) is 0 Å². The van der Waals surface area contributed by atoms with Crippen LogP contribution in [-0.2, 0) is 18.9 Å². The van der Waals surface area contributed by atoms with Gasteiger partial charge in [0.1, 0.15) is 0 Å². The van der Waals surface area contributed by atoms with Crippen molar-refractivity contribution in [2.24, 2.45) is 7.05 Å². The zero-order valence-electron chi connectivity index (χ0n) is 10.1. The van der Waals surface area contributed by atoms with Gasteiger partial charge in [-0.25, -0.2) is 0 Å². The summed E-state index contributed by atoms with van der Waals surface area (Å²) >= 11 is 6.07. The van der Waals surface area contributed by atoms with Crippen LogP contribution in [0.1, 0.15) is 11.4 Å². The van der Waals surface area contributed by atoms with E-state index in [1.54, 1.807) is 7.05 Å². The quantitative estimate of drug-likeness (QED) is 0.896. The molecule has 1 saturated heterocycles. The summed E-state index contributed by atoms with van der Waals surface area (Å²) in [5.74, 6) is 0.777. The normalized spacial score (nSPS) is 17.4. The van der Waals surface area contributed by atoms with Crippen molar-refractivity contribution in [3.8, 4) is 0 Å². The van der Waals surface area contributed by atoms with Gasteiger partial charge in [0.15, 0.2) is 5.82 Å². The molecule has 1 aliphatic rings. The van der Waals surface area contributed by atoms with E-state index >= 15 is 0 Å². The third-order valence-corrected chi connectivity index (χ3v) is 3.65. The molecule has 1 aliphatic heterocycles. The molecule has 5 nitrogen and oxygen atoms in total. The molecule has 0 saturated carbocycles. The van der Waals surface area contributed by atoms with Crippen molar-refractivity contribution in [1.29, 1.82) is 0 Å². The highest BCUT2D eigenvalue weighted by atomic mass is 35.5. The molecule has 0 radical (unpaired) electrons. The van der Waals surface area contributed by atoms with Crippen LogP contribution in [0.3, 0.4) is 0 Å². The van der Waals surface area contributed by atoms with E-state index in [-0.39, 0.29) is 5.41 Å². The second-order valence-electron chi connectivity index (χ2n) is 4.77. The largest absolute Gasteiger partial charge is 0.315 e. The Bertz CT molecular complexity index is 561. The summed E-state index contributed by atoms with van der Waals surface area (Å²) in [4.78, 5) is 1.49. The minimum absolute atomic E-state index is 0.0495. The first-order valence-corrected chi connectivity index (χ1v) is 6.25. The Morgan fingerprint density at radius 2 is 2.28 bits per heavy atom. The second-order valence-corrected chi connectivity index (χ2v) is 5.20. The van der Waals surface area contributed by atoms with Gasteiger partial charge in [0, 0.05) is 29.9 Å². The van der Waals surface area contributed by atoms with Crippen molar-refractivity contribution in [2.45, 2.75) is 11.8 Å². The Morgan fingerprint density at radius 1 is 1.44 bits per heavy atom. The predicted molar refractivity (Wildman–Crippen MR) is 68.5 cm³/mol. The Hall–Kier alpha value is -1.46. The minimum atomic E-state index is 0.0495. The first-order chi connectivity index (χ1) is 8.68. The third kappa shape index (κ3) is 2.00. The van der Waals surface area contributed by atoms with Crippen molar-refractivity contribution in [1.82, 2.24) is 25.5 Å². The van der Waals surface area contributed by atoms with Gasteiger partial charge in [-0.2, -0.15) is 4.80 Å². The number of nitrogens with one attached hydrogen (secondary N) is 1. The Labute approximate surface area is 110 Å². The highest BCUT2D eigenvalue weighted by molar-refractivity contribution is 6.30. The summed E-state index contributed by atoms with van der Waals surface area (Å²) in [5.41, 5.74) is 1.29. The number of hydrogen-bond donors (Lipinski definition) is 1. The maximum atomic E-state index is 6.07. The standard InChI is InChI=1S/C12H14ClN5/c1-18-16-11(15-17-18)6-12(7-14-8-12)9-3-2-4-10(13)5-9/h2-5,14H,6-8H2,1H3. The summed E-state index contributed by atoms with van der Waals surface area (Å²) in [6.45, 7) is 1.84. The number of hydrogen-bond acceptors (Lipinski definition) is 4. The Kier molecular flexibility index (Phi) is 2.80. The lowest BCUT2D eigenvalue weighted by molar-refractivity contribution is 0.270. The maximum absolute atomic E-state index is 6.07. The predicted octanol–water partition coefficient (Wildman–Crippen LogP) is 0.947. The molecule has 0 atom stereocenters. The number of rotatable bonds is 3. The first kappa shape index (κ1) is 11.6. The molecule has 6 heteroatoms. The summed E-state index contributed by atoms with van der Waals surface area (Å²) in [5, 5.41) is 16.3. The van der Waals surface area contributed by atoms with E-state index in [0.717, 1.165) is 30.4 Å². The molecule has 0 amide bonds. The minimum Gasteiger partial charge on any atom is -0.315 e. The van der Waals surface area contributed by atoms with Crippen LogP contribution >= 0.6 is 11.6 Å². The lowest BCUT2D eigenvalue weighted by atomic mass is 9.72. The van der Waals surface area contributed by atoms with Crippen molar-refractivity contribution < 1.29 is 0 Å². The van der Waals surface area contributed by atoms with Gasteiger partial charge < -0.3 is 5.32 Å². The number of aryl methyl sites for hydroxylation is 1. The van der Waals surface area contributed by atoms with E-state index in [1.807, 2.05) is 18.2 Å². The Balaban J connectivity index is 1.90. The summed E-state index contributed by atoms with van der Waals surface area (Å²) in [6, 6.07) is 8.02. The third-order valence-electron chi connectivity index (χ3n) is 3.41. The molecule has 1 N–H and O–H groups in total.